The summed E-state index contributed by atoms with van der Waals surface area (Å²) in [5, 5.41) is 15.5. The van der Waals surface area contributed by atoms with Gasteiger partial charge in [-0.2, -0.15) is 8.42 Å². The third kappa shape index (κ3) is 7.74. The smallest absolute Gasteiger partial charge is 0.264 e. The van der Waals surface area contributed by atoms with Crippen LogP contribution in [0.25, 0.3) is 0 Å². The van der Waals surface area contributed by atoms with Crippen LogP contribution >= 0.6 is 0 Å². The molecule has 1 aliphatic heterocycles. The fraction of sp³-hybridized carbons (Fsp3) is 0.586. The van der Waals surface area contributed by atoms with Gasteiger partial charge in [0.2, 0.25) is 0 Å². The van der Waals surface area contributed by atoms with Gasteiger partial charge in [0.05, 0.1) is 22.5 Å². The topological polar surface area (TPSA) is 124 Å². The van der Waals surface area contributed by atoms with Crippen molar-refractivity contribution in [2.45, 2.75) is 75.7 Å². The number of hydrogen-bond donors (Lipinski definition) is 3. The van der Waals surface area contributed by atoms with Crippen LogP contribution in [-0.2, 0) is 20.0 Å². The number of hydrogen-bond acceptors (Lipinski definition) is 7. The summed E-state index contributed by atoms with van der Waals surface area (Å²) in [6.45, 7) is 4.50. The molecule has 0 radical (unpaired) electrons. The molecule has 8 nitrogen and oxygen atoms in total. The fourth-order valence-corrected chi connectivity index (χ4v) is 8.42. The molecule has 1 heterocycles. The van der Waals surface area contributed by atoms with E-state index in [2.05, 4.69) is 19.2 Å². The largest absolute Gasteiger partial charge is 0.392 e. The Balaban J connectivity index is 2.16. The third-order valence-electron chi connectivity index (χ3n) is 7.81. The number of aliphatic hydroxyl groups excluding tert-OH is 1. The van der Waals surface area contributed by atoms with E-state index < -0.39 is 37.4 Å². The van der Waals surface area contributed by atoms with Gasteiger partial charge in [-0.3, -0.25) is 4.55 Å². The van der Waals surface area contributed by atoms with Gasteiger partial charge in [0.25, 0.3) is 10.1 Å². The Morgan fingerprint density at radius 3 is 2.28 bits per heavy atom. The zero-order valence-electron chi connectivity index (χ0n) is 23.6. The first-order chi connectivity index (χ1) is 18.3. The van der Waals surface area contributed by atoms with E-state index in [9.17, 15) is 21.9 Å². The lowest BCUT2D eigenvalue weighted by atomic mass is 9.68. The van der Waals surface area contributed by atoms with Crippen molar-refractivity contribution in [3.63, 3.8) is 0 Å². The van der Waals surface area contributed by atoms with E-state index >= 15 is 0 Å². The second-order valence-electron chi connectivity index (χ2n) is 11.1. The number of rotatable bonds is 13. The second-order valence-corrected chi connectivity index (χ2v) is 14.6. The highest BCUT2D eigenvalue weighted by Crippen LogP contribution is 2.50. The van der Waals surface area contributed by atoms with E-state index in [0.29, 0.717) is 24.9 Å². The number of nitrogens with one attached hydrogen (secondary N) is 1. The number of aliphatic hydroxyl groups is 1. The molecular weight excluding hydrogens is 536 g/mol. The first-order valence-electron chi connectivity index (χ1n) is 13.8. The van der Waals surface area contributed by atoms with Crippen LogP contribution in [0.15, 0.2) is 47.4 Å². The Morgan fingerprint density at radius 2 is 1.69 bits per heavy atom. The molecule has 1 aliphatic rings. The zero-order chi connectivity index (χ0) is 28.8. The predicted molar refractivity (Wildman–Crippen MR) is 158 cm³/mol. The van der Waals surface area contributed by atoms with Crippen molar-refractivity contribution >= 4 is 31.3 Å². The molecule has 3 rings (SSSR count). The van der Waals surface area contributed by atoms with Crippen LogP contribution in [0.5, 0.6) is 0 Å². The van der Waals surface area contributed by atoms with Gasteiger partial charge in [0.15, 0.2) is 9.84 Å². The number of nitrogens with zero attached hydrogens (tertiary/aromatic N) is 1. The van der Waals surface area contributed by atoms with Crippen LogP contribution in [0, 0.1) is 5.41 Å². The number of benzene rings is 2. The molecule has 218 valence electrons. The van der Waals surface area contributed by atoms with Gasteiger partial charge in [0, 0.05) is 43.3 Å². The van der Waals surface area contributed by atoms with E-state index in [0.717, 1.165) is 42.6 Å². The van der Waals surface area contributed by atoms with Crippen molar-refractivity contribution in [1.29, 1.82) is 0 Å². The van der Waals surface area contributed by atoms with Crippen molar-refractivity contribution in [3.05, 3.63) is 53.6 Å². The standard InChI is InChI=1S/C29H44N2O6S2/c1-5-7-15-29(16-8-6-2)21-38(33,34)26-14-13-24(31(3)4)20-25(26)27(28(29)32)22-11-9-12-23(19-22)30-17-10-18-39(35,36)37/h9,11-14,19-20,27-28,30,32H,5-8,10,15-18,21H2,1-4H3,(H,35,36,37)/t27-,28-/m1/s1. The first kappa shape index (κ1) is 31.4. The lowest BCUT2D eigenvalue weighted by Gasteiger charge is -2.40. The summed E-state index contributed by atoms with van der Waals surface area (Å²) in [5.41, 5.74) is 2.21. The summed E-state index contributed by atoms with van der Waals surface area (Å²) in [7, 11) is -3.90. The van der Waals surface area contributed by atoms with Crippen molar-refractivity contribution in [3.8, 4) is 0 Å². The Kier molecular flexibility index (Phi) is 10.5. The average Bonchev–Trinajstić information content (AvgIpc) is 2.94. The fourth-order valence-electron chi connectivity index (χ4n) is 5.72. The van der Waals surface area contributed by atoms with Crippen LogP contribution in [0.1, 0.15) is 75.8 Å². The maximum absolute atomic E-state index is 14.0. The van der Waals surface area contributed by atoms with Gasteiger partial charge in [0.1, 0.15) is 0 Å². The zero-order valence-corrected chi connectivity index (χ0v) is 25.2. The van der Waals surface area contributed by atoms with Gasteiger partial charge in [-0.05, 0) is 60.7 Å². The monoisotopic (exact) mass is 580 g/mol. The molecule has 2 aromatic carbocycles. The summed E-state index contributed by atoms with van der Waals surface area (Å²) in [5.74, 6) is -0.985. The van der Waals surface area contributed by atoms with Crippen LogP contribution < -0.4 is 10.2 Å². The minimum Gasteiger partial charge on any atom is -0.392 e. The van der Waals surface area contributed by atoms with Gasteiger partial charge in [-0.25, -0.2) is 8.42 Å². The molecular formula is C29H44N2O6S2. The second kappa shape index (κ2) is 13.0. The Morgan fingerprint density at radius 1 is 1.03 bits per heavy atom. The Hall–Kier alpha value is -2.14. The Labute approximate surface area is 234 Å². The summed E-state index contributed by atoms with van der Waals surface area (Å²) < 4.78 is 59.1. The van der Waals surface area contributed by atoms with Gasteiger partial charge in [-0.15, -0.1) is 0 Å². The molecule has 0 bridgehead atoms. The Bertz CT molecular complexity index is 1320. The molecule has 0 aromatic heterocycles. The number of sulfone groups is 1. The molecule has 0 saturated carbocycles. The molecule has 0 amide bonds. The van der Waals surface area contributed by atoms with E-state index in [1.807, 2.05) is 55.4 Å². The SMILES string of the molecule is CCCCC1(CCCC)CS(=O)(=O)c2ccc(N(C)C)cc2[C@@H](c2cccc(NCCCS(=O)(=O)O)c2)[C@H]1O. The molecule has 0 fully saturated rings. The average molecular weight is 581 g/mol. The normalized spacial score (nSPS) is 20.2. The van der Waals surface area contributed by atoms with Gasteiger partial charge in [-0.1, -0.05) is 51.7 Å². The van der Waals surface area contributed by atoms with Crippen molar-refractivity contribution in [1.82, 2.24) is 0 Å². The molecule has 0 spiro atoms. The number of unbranched alkanes of at least 4 members (excludes halogenated alkanes) is 2. The molecule has 2 atom stereocenters. The minimum atomic E-state index is -4.03. The van der Waals surface area contributed by atoms with E-state index in [1.165, 1.54) is 0 Å². The third-order valence-corrected chi connectivity index (χ3v) is 10.6. The summed E-state index contributed by atoms with van der Waals surface area (Å²) in [6, 6.07) is 13.0. The van der Waals surface area contributed by atoms with E-state index in [4.69, 9.17) is 4.55 Å². The van der Waals surface area contributed by atoms with Crippen molar-refractivity contribution in [2.24, 2.45) is 5.41 Å². The minimum absolute atomic E-state index is 0.0838. The summed E-state index contributed by atoms with van der Waals surface area (Å²) >= 11 is 0. The number of fused-ring (bicyclic) bond motifs is 1. The lowest BCUT2D eigenvalue weighted by Crippen LogP contribution is -2.43. The quantitative estimate of drug-likeness (QED) is 0.221. The summed E-state index contributed by atoms with van der Waals surface area (Å²) in [6.07, 6.45) is 4.05. The van der Waals surface area contributed by atoms with Gasteiger partial charge >= 0.3 is 0 Å². The molecule has 0 aliphatic carbocycles. The summed E-state index contributed by atoms with van der Waals surface area (Å²) in [4.78, 5) is 2.20. The molecule has 10 heteroatoms. The molecule has 0 saturated heterocycles. The van der Waals surface area contributed by atoms with Crippen LogP contribution in [-0.4, -0.2) is 64.7 Å². The first-order valence-corrected chi connectivity index (χ1v) is 17.1. The van der Waals surface area contributed by atoms with Crippen LogP contribution in [0.3, 0.4) is 0 Å². The van der Waals surface area contributed by atoms with Crippen molar-refractivity contribution < 1.29 is 26.5 Å². The van der Waals surface area contributed by atoms with Gasteiger partial charge < -0.3 is 15.3 Å². The maximum atomic E-state index is 14.0. The van der Waals surface area contributed by atoms with Crippen molar-refractivity contribution in [2.75, 3.05) is 42.4 Å². The maximum Gasteiger partial charge on any atom is 0.264 e. The number of anilines is 2. The highest BCUT2D eigenvalue weighted by atomic mass is 32.2. The molecule has 39 heavy (non-hydrogen) atoms. The van der Waals surface area contributed by atoms with E-state index in [-0.39, 0.29) is 22.8 Å². The highest BCUT2D eigenvalue weighted by Gasteiger charge is 2.49. The lowest BCUT2D eigenvalue weighted by molar-refractivity contribution is 0.0127. The molecule has 0 unspecified atom stereocenters. The molecule has 2 aromatic rings. The highest BCUT2D eigenvalue weighted by molar-refractivity contribution is 7.91. The predicted octanol–water partition coefficient (Wildman–Crippen LogP) is 5.09. The molecule has 3 N–H and O–H groups in total. The van der Waals surface area contributed by atoms with Crippen LogP contribution in [0.4, 0.5) is 11.4 Å². The van der Waals surface area contributed by atoms with E-state index in [1.54, 1.807) is 6.07 Å². The van der Waals surface area contributed by atoms with Crippen LogP contribution in [0.2, 0.25) is 0 Å².